The van der Waals surface area contributed by atoms with E-state index in [-0.39, 0.29) is 11.9 Å². The lowest BCUT2D eigenvalue weighted by Crippen LogP contribution is -2.31. The minimum absolute atomic E-state index is 0.0104. The predicted octanol–water partition coefficient (Wildman–Crippen LogP) is 3.91. The molecule has 1 aromatic carbocycles. The van der Waals surface area contributed by atoms with Gasteiger partial charge in [0.1, 0.15) is 11.5 Å². The lowest BCUT2D eigenvalue weighted by Gasteiger charge is -2.27. The minimum atomic E-state index is -0.0104. The predicted molar refractivity (Wildman–Crippen MR) is 126 cm³/mol. The number of benzene rings is 1. The molecule has 33 heavy (non-hydrogen) atoms. The van der Waals surface area contributed by atoms with Gasteiger partial charge in [-0.1, -0.05) is 0 Å². The third kappa shape index (κ3) is 4.10. The zero-order chi connectivity index (χ0) is 23.7. The van der Waals surface area contributed by atoms with Crippen LogP contribution in [0.15, 0.2) is 18.2 Å². The molecule has 8 heteroatoms. The number of aryl methyl sites for hydroxylation is 3. The van der Waals surface area contributed by atoms with E-state index in [1.807, 2.05) is 37.1 Å². The summed E-state index contributed by atoms with van der Waals surface area (Å²) in [6, 6.07) is 5.76. The molecule has 0 spiro atoms. The molecule has 0 radical (unpaired) electrons. The fraction of sp³-hybridized carbons (Fsp3) is 0.480. The zero-order valence-corrected chi connectivity index (χ0v) is 20.3. The lowest BCUT2D eigenvalue weighted by molar-refractivity contribution is -0.132. The van der Waals surface area contributed by atoms with Gasteiger partial charge in [0.05, 0.1) is 32.8 Å². The van der Waals surface area contributed by atoms with E-state index >= 15 is 0 Å². The number of hydrogen-bond acceptors (Lipinski definition) is 6. The second-order valence-corrected chi connectivity index (χ2v) is 8.49. The Labute approximate surface area is 194 Å². The topological polar surface area (TPSA) is 78.7 Å². The van der Waals surface area contributed by atoms with E-state index in [0.29, 0.717) is 18.7 Å². The maximum Gasteiger partial charge on any atom is 0.242 e. The summed E-state index contributed by atoms with van der Waals surface area (Å²) in [5, 5.41) is 5.33. The number of likely N-dealkylation sites (tertiary alicyclic amines) is 1. The number of amides is 1. The highest BCUT2D eigenvalue weighted by molar-refractivity contribution is 5.86. The van der Waals surface area contributed by atoms with Crippen molar-refractivity contribution >= 4 is 16.9 Å². The van der Waals surface area contributed by atoms with Crippen LogP contribution in [0, 0.1) is 13.8 Å². The first-order valence-electron chi connectivity index (χ1n) is 11.3. The Bertz CT molecular complexity index is 1190. The SMILES string of the molecule is COc1ccc(OC)c(C2CCCN2C(=O)CCc2c(C)nc3c(c(OC)nn3C)c2C)c1. The zero-order valence-electron chi connectivity index (χ0n) is 20.3. The van der Waals surface area contributed by atoms with Crippen LogP contribution in [0.25, 0.3) is 11.0 Å². The van der Waals surface area contributed by atoms with Gasteiger partial charge in [0.15, 0.2) is 5.65 Å². The summed E-state index contributed by atoms with van der Waals surface area (Å²) in [5.41, 5.74) is 4.87. The molecule has 8 nitrogen and oxygen atoms in total. The van der Waals surface area contributed by atoms with Crippen LogP contribution in [0.3, 0.4) is 0 Å². The normalized spacial score (nSPS) is 15.8. The van der Waals surface area contributed by atoms with Crippen LogP contribution in [0.1, 0.15) is 47.7 Å². The fourth-order valence-corrected chi connectivity index (χ4v) is 4.97. The highest BCUT2D eigenvalue weighted by Gasteiger charge is 2.32. The van der Waals surface area contributed by atoms with Gasteiger partial charge in [-0.3, -0.25) is 4.79 Å². The van der Waals surface area contributed by atoms with Gasteiger partial charge < -0.3 is 19.1 Å². The molecule has 1 fully saturated rings. The van der Waals surface area contributed by atoms with Crippen molar-refractivity contribution in [1.29, 1.82) is 0 Å². The summed E-state index contributed by atoms with van der Waals surface area (Å²) in [6.07, 6.45) is 2.92. The number of aromatic nitrogens is 3. The second kappa shape index (κ2) is 9.29. The molecule has 1 amide bonds. The molecule has 1 unspecified atom stereocenters. The fourth-order valence-electron chi connectivity index (χ4n) is 4.97. The second-order valence-electron chi connectivity index (χ2n) is 8.49. The number of rotatable bonds is 7. The number of hydrogen-bond donors (Lipinski definition) is 0. The highest BCUT2D eigenvalue weighted by atomic mass is 16.5. The number of methoxy groups -OCH3 is 3. The van der Waals surface area contributed by atoms with Gasteiger partial charge in [0.25, 0.3) is 0 Å². The van der Waals surface area contributed by atoms with Gasteiger partial charge in [0.2, 0.25) is 11.8 Å². The van der Waals surface area contributed by atoms with E-state index in [0.717, 1.165) is 64.3 Å². The van der Waals surface area contributed by atoms with Crippen LogP contribution in [0.5, 0.6) is 17.4 Å². The summed E-state index contributed by atoms with van der Waals surface area (Å²) in [6.45, 7) is 4.79. The van der Waals surface area contributed by atoms with E-state index in [1.165, 1.54) is 0 Å². The van der Waals surface area contributed by atoms with Crippen LogP contribution >= 0.6 is 0 Å². The number of carbonyl (C=O) groups is 1. The largest absolute Gasteiger partial charge is 0.497 e. The van der Waals surface area contributed by atoms with Crippen molar-refractivity contribution in [3.05, 3.63) is 40.6 Å². The molecular weight excluding hydrogens is 420 g/mol. The Kier molecular flexibility index (Phi) is 6.44. The average molecular weight is 453 g/mol. The number of nitrogens with zero attached hydrogens (tertiary/aromatic N) is 4. The first-order chi connectivity index (χ1) is 15.9. The van der Waals surface area contributed by atoms with E-state index < -0.39 is 0 Å². The van der Waals surface area contributed by atoms with Crippen molar-refractivity contribution in [2.75, 3.05) is 27.9 Å². The quantitative estimate of drug-likeness (QED) is 0.541. The number of pyridine rings is 1. The standard InChI is InChI=1S/C25H32N4O4/c1-15-18(16(2)26-24-23(15)25(33-6)27-28(24)3)10-12-22(30)29-13-7-8-20(29)19-14-17(31-4)9-11-21(19)32-5/h9,11,14,20H,7-8,10,12-13H2,1-6H3. The Morgan fingerprint density at radius 3 is 2.64 bits per heavy atom. The number of ether oxygens (including phenoxy) is 3. The summed E-state index contributed by atoms with van der Waals surface area (Å²) in [4.78, 5) is 20.1. The third-order valence-corrected chi connectivity index (χ3v) is 6.67. The van der Waals surface area contributed by atoms with Crippen molar-refractivity contribution in [3.63, 3.8) is 0 Å². The Hall–Kier alpha value is -3.29. The molecule has 176 valence electrons. The highest BCUT2D eigenvalue weighted by Crippen LogP contribution is 2.39. The molecular formula is C25H32N4O4. The van der Waals surface area contributed by atoms with E-state index in [2.05, 4.69) is 12.0 Å². The Morgan fingerprint density at radius 2 is 1.94 bits per heavy atom. The van der Waals surface area contributed by atoms with Crippen LogP contribution in [-0.4, -0.2) is 53.4 Å². The number of carbonyl (C=O) groups excluding carboxylic acids is 1. The van der Waals surface area contributed by atoms with Crippen LogP contribution in [-0.2, 0) is 18.3 Å². The maximum atomic E-state index is 13.4. The molecule has 3 heterocycles. The first kappa shape index (κ1) is 22.9. The van der Waals surface area contributed by atoms with Gasteiger partial charge >= 0.3 is 0 Å². The molecule has 1 atom stereocenters. The Balaban J connectivity index is 1.58. The van der Waals surface area contributed by atoms with Crippen LogP contribution < -0.4 is 14.2 Å². The van der Waals surface area contributed by atoms with Crippen molar-refractivity contribution in [2.24, 2.45) is 7.05 Å². The minimum Gasteiger partial charge on any atom is -0.497 e. The van der Waals surface area contributed by atoms with E-state index in [4.69, 9.17) is 19.2 Å². The van der Waals surface area contributed by atoms with Crippen molar-refractivity contribution in [1.82, 2.24) is 19.7 Å². The number of fused-ring (bicyclic) bond motifs is 1. The molecule has 3 aromatic rings. The monoisotopic (exact) mass is 452 g/mol. The van der Waals surface area contributed by atoms with Gasteiger partial charge in [-0.05, 0) is 62.4 Å². The summed E-state index contributed by atoms with van der Waals surface area (Å²) < 4.78 is 18.2. The lowest BCUT2D eigenvalue weighted by atomic mass is 9.99. The third-order valence-electron chi connectivity index (χ3n) is 6.67. The van der Waals surface area contributed by atoms with Gasteiger partial charge in [0, 0.05) is 31.3 Å². The molecule has 1 aliphatic heterocycles. The van der Waals surface area contributed by atoms with Gasteiger partial charge in [-0.2, -0.15) is 0 Å². The summed E-state index contributed by atoms with van der Waals surface area (Å²) in [7, 11) is 6.79. The molecule has 1 aliphatic rings. The van der Waals surface area contributed by atoms with E-state index in [1.54, 1.807) is 26.0 Å². The molecule has 2 aromatic heterocycles. The average Bonchev–Trinajstić information content (AvgIpc) is 3.43. The smallest absolute Gasteiger partial charge is 0.242 e. The first-order valence-corrected chi connectivity index (χ1v) is 11.3. The van der Waals surface area contributed by atoms with Crippen molar-refractivity contribution in [3.8, 4) is 17.4 Å². The summed E-state index contributed by atoms with van der Waals surface area (Å²) >= 11 is 0. The van der Waals surface area contributed by atoms with Crippen LogP contribution in [0.4, 0.5) is 0 Å². The van der Waals surface area contributed by atoms with Gasteiger partial charge in [-0.25, -0.2) is 9.67 Å². The maximum absolute atomic E-state index is 13.4. The van der Waals surface area contributed by atoms with Crippen molar-refractivity contribution in [2.45, 2.75) is 45.6 Å². The van der Waals surface area contributed by atoms with Crippen molar-refractivity contribution < 1.29 is 19.0 Å². The molecule has 1 saturated heterocycles. The van der Waals surface area contributed by atoms with Crippen LogP contribution in [0.2, 0.25) is 0 Å². The molecule has 0 saturated carbocycles. The van der Waals surface area contributed by atoms with E-state index in [9.17, 15) is 4.79 Å². The Morgan fingerprint density at radius 1 is 1.15 bits per heavy atom. The van der Waals surface area contributed by atoms with Gasteiger partial charge in [-0.15, -0.1) is 5.10 Å². The summed E-state index contributed by atoms with van der Waals surface area (Å²) in [5.74, 6) is 2.25. The molecule has 0 aliphatic carbocycles. The molecule has 0 N–H and O–H groups in total. The molecule has 0 bridgehead atoms. The molecule has 4 rings (SSSR count).